The van der Waals surface area contributed by atoms with Crippen molar-refractivity contribution in [1.82, 2.24) is 10.2 Å². The SMILES string of the molecule is CCN1CCOCC1C(=O)NCc1ccccc1. The maximum Gasteiger partial charge on any atom is 0.240 e. The quantitative estimate of drug-likeness (QED) is 0.865. The number of hydrogen-bond acceptors (Lipinski definition) is 3. The van der Waals surface area contributed by atoms with Crippen LogP contribution in [0, 0.1) is 0 Å². The van der Waals surface area contributed by atoms with Crippen LogP contribution in [0.3, 0.4) is 0 Å². The van der Waals surface area contributed by atoms with Crippen LogP contribution in [-0.2, 0) is 16.1 Å². The summed E-state index contributed by atoms with van der Waals surface area (Å²) in [6.07, 6.45) is 0. The molecule has 1 aliphatic heterocycles. The van der Waals surface area contributed by atoms with Gasteiger partial charge in [0, 0.05) is 13.1 Å². The minimum absolute atomic E-state index is 0.0559. The molecule has 4 heteroatoms. The second kappa shape index (κ2) is 6.52. The number of morpholine rings is 1. The van der Waals surface area contributed by atoms with Crippen LogP contribution in [0.2, 0.25) is 0 Å². The lowest BCUT2D eigenvalue weighted by Crippen LogP contribution is -2.53. The molecule has 1 aromatic carbocycles. The molecule has 0 aliphatic carbocycles. The van der Waals surface area contributed by atoms with Gasteiger partial charge in [0.1, 0.15) is 6.04 Å². The highest BCUT2D eigenvalue weighted by Gasteiger charge is 2.27. The molecule has 1 amide bonds. The largest absolute Gasteiger partial charge is 0.378 e. The molecule has 2 rings (SSSR count). The number of benzene rings is 1. The van der Waals surface area contributed by atoms with Crippen LogP contribution in [0.5, 0.6) is 0 Å². The standard InChI is InChI=1S/C14H20N2O2/c1-2-16-8-9-18-11-13(16)14(17)15-10-12-6-4-3-5-7-12/h3-7,13H,2,8-11H2,1H3,(H,15,17). The number of nitrogens with one attached hydrogen (secondary N) is 1. The lowest BCUT2D eigenvalue weighted by molar-refractivity contribution is -0.132. The van der Waals surface area contributed by atoms with Crippen LogP contribution in [0.4, 0.5) is 0 Å². The van der Waals surface area contributed by atoms with E-state index < -0.39 is 0 Å². The van der Waals surface area contributed by atoms with Crippen LogP contribution in [0.15, 0.2) is 30.3 Å². The van der Waals surface area contributed by atoms with Crippen molar-refractivity contribution in [3.63, 3.8) is 0 Å². The summed E-state index contributed by atoms with van der Waals surface area (Å²) in [5.41, 5.74) is 1.12. The van der Waals surface area contributed by atoms with E-state index in [0.29, 0.717) is 13.2 Å². The van der Waals surface area contributed by atoms with E-state index >= 15 is 0 Å². The van der Waals surface area contributed by atoms with Crippen LogP contribution >= 0.6 is 0 Å². The number of nitrogens with zero attached hydrogens (tertiary/aromatic N) is 1. The van der Waals surface area contributed by atoms with Gasteiger partial charge >= 0.3 is 0 Å². The predicted molar refractivity (Wildman–Crippen MR) is 70.1 cm³/mol. The number of hydrogen-bond donors (Lipinski definition) is 1. The Morgan fingerprint density at radius 1 is 1.44 bits per heavy atom. The minimum Gasteiger partial charge on any atom is -0.378 e. The zero-order chi connectivity index (χ0) is 12.8. The first-order valence-corrected chi connectivity index (χ1v) is 6.44. The summed E-state index contributed by atoms with van der Waals surface area (Å²) < 4.78 is 5.38. The fourth-order valence-corrected chi connectivity index (χ4v) is 2.16. The van der Waals surface area contributed by atoms with Gasteiger partial charge < -0.3 is 10.1 Å². The average molecular weight is 248 g/mol. The summed E-state index contributed by atoms with van der Waals surface area (Å²) in [7, 11) is 0. The van der Waals surface area contributed by atoms with E-state index in [1.165, 1.54) is 0 Å². The second-order valence-electron chi connectivity index (χ2n) is 4.42. The highest BCUT2D eigenvalue weighted by molar-refractivity contribution is 5.82. The molecular weight excluding hydrogens is 228 g/mol. The molecule has 98 valence electrons. The lowest BCUT2D eigenvalue weighted by atomic mass is 10.2. The number of amides is 1. The molecule has 4 nitrogen and oxygen atoms in total. The van der Waals surface area contributed by atoms with E-state index in [1.807, 2.05) is 30.3 Å². The van der Waals surface area contributed by atoms with Gasteiger partial charge in [0.05, 0.1) is 13.2 Å². The molecule has 0 saturated carbocycles. The van der Waals surface area contributed by atoms with Crippen LogP contribution < -0.4 is 5.32 Å². The molecule has 1 aromatic rings. The minimum atomic E-state index is -0.146. The first kappa shape index (κ1) is 13.1. The number of carbonyl (C=O) groups is 1. The predicted octanol–water partition coefficient (Wildman–Crippen LogP) is 1.02. The zero-order valence-electron chi connectivity index (χ0n) is 10.8. The van der Waals surface area contributed by atoms with Crippen molar-refractivity contribution in [2.75, 3.05) is 26.3 Å². The summed E-state index contributed by atoms with van der Waals surface area (Å²) in [5, 5.41) is 2.97. The average Bonchev–Trinajstić information content (AvgIpc) is 2.45. The molecule has 1 N–H and O–H groups in total. The molecule has 1 heterocycles. The summed E-state index contributed by atoms with van der Waals surface area (Å²) in [6, 6.07) is 9.80. The van der Waals surface area contributed by atoms with Crippen LogP contribution in [0.25, 0.3) is 0 Å². The van der Waals surface area contributed by atoms with Gasteiger partial charge in [0.15, 0.2) is 0 Å². The number of likely N-dealkylation sites (N-methyl/N-ethyl adjacent to an activating group) is 1. The van der Waals surface area contributed by atoms with Crippen molar-refractivity contribution in [3.8, 4) is 0 Å². The van der Waals surface area contributed by atoms with Gasteiger partial charge in [-0.1, -0.05) is 37.3 Å². The molecular formula is C14H20N2O2. The van der Waals surface area contributed by atoms with Gasteiger partial charge in [-0.05, 0) is 12.1 Å². The Kier molecular flexibility index (Phi) is 4.73. The van der Waals surface area contributed by atoms with Gasteiger partial charge in [-0.3, -0.25) is 9.69 Å². The smallest absolute Gasteiger partial charge is 0.240 e. The molecule has 18 heavy (non-hydrogen) atoms. The van der Waals surface area contributed by atoms with E-state index in [0.717, 1.165) is 25.3 Å². The third-order valence-electron chi connectivity index (χ3n) is 3.26. The van der Waals surface area contributed by atoms with Gasteiger partial charge in [0.25, 0.3) is 0 Å². The second-order valence-corrected chi connectivity index (χ2v) is 4.42. The highest BCUT2D eigenvalue weighted by atomic mass is 16.5. The maximum atomic E-state index is 12.1. The summed E-state index contributed by atoms with van der Waals surface area (Å²) in [5.74, 6) is 0.0559. The van der Waals surface area contributed by atoms with Gasteiger partial charge in [0.2, 0.25) is 5.91 Å². The molecule has 0 aromatic heterocycles. The van der Waals surface area contributed by atoms with E-state index in [2.05, 4.69) is 17.1 Å². The summed E-state index contributed by atoms with van der Waals surface area (Å²) in [6.45, 7) is 5.58. The van der Waals surface area contributed by atoms with Crippen molar-refractivity contribution in [2.45, 2.75) is 19.5 Å². The monoisotopic (exact) mass is 248 g/mol. The number of carbonyl (C=O) groups excluding carboxylic acids is 1. The Labute approximate surface area is 108 Å². The molecule has 1 atom stereocenters. The van der Waals surface area contributed by atoms with E-state index in [-0.39, 0.29) is 11.9 Å². The summed E-state index contributed by atoms with van der Waals surface area (Å²) >= 11 is 0. The van der Waals surface area contributed by atoms with Gasteiger partial charge in [-0.2, -0.15) is 0 Å². The van der Waals surface area contributed by atoms with E-state index in [1.54, 1.807) is 0 Å². The third kappa shape index (κ3) is 3.31. The Bertz CT molecular complexity index is 381. The molecule has 1 unspecified atom stereocenters. The molecule has 1 fully saturated rings. The van der Waals surface area contributed by atoms with Gasteiger partial charge in [-0.25, -0.2) is 0 Å². The summed E-state index contributed by atoms with van der Waals surface area (Å²) in [4.78, 5) is 14.3. The fourth-order valence-electron chi connectivity index (χ4n) is 2.16. The van der Waals surface area contributed by atoms with Crippen molar-refractivity contribution in [3.05, 3.63) is 35.9 Å². The van der Waals surface area contributed by atoms with Crippen molar-refractivity contribution in [2.24, 2.45) is 0 Å². The topological polar surface area (TPSA) is 41.6 Å². The Morgan fingerprint density at radius 3 is 2.94 bits per heavy atom. The first-order valence-electron chi connectivity index (χ1n) is 6.44. The zero-order valence-corrected chi connectivity index (χ0v) is 10.8. The highest BCUT2D eigenvalue weighted by Crippen LogP contribution is 2.07. The van der Waals surface area contributed by atoms with E-state index in [4.69, 9.17) is 4.74 Å². The molecule has 0 bridgehead atoms. The number of rotatable bonds is 4. The van der Waals surface area contributed by atoms with Gasteiger partial charge in [-0.15, -0.1) is 0 Å². The Hall–Kier alpha value is -1.39. The normalized spacial score (nSPS) is 20.6. The molecule has 1 saturated heterocycles. The van der Waals surface area contributed by atoms with Crippen LogP contribution in [-0.4, -0.2) is 43.2 Å². The van der Waals surface area contributed by atoms with E-state index in [9.17, 15) is 4.79 Å². The first-order chi connectivity index (χ1) is 8.81. The van der Waals surface area contributed by atoms with Crippen LogP contribution in [0.1, 0.15) is 12.5 Å². The van der Waals surface area contributed by atoms with Crippen molar-refractivity contribution < 1.29 is 9.53 Å². The Morgan fingerprint density at radius 2 is 2.22 bits per heavy atom. The fraction of sp³-hybridized carbons (Fsp3) is 0.500. The molecule has 0 spiro atoms. The molecule has 1 aliphatic rings. The Balaban J connectivity index is 1.87. The van der Waals surface area contributed by atoms with Crippen molar-refractivity contribution >= 4 is 5.91 Å². The lowest BCUT2D eigenvalue weighted by Gasteiger charge is -2.33. The third-order valence-corrected chi connectivity index (χ3v) is 3.26. The molecule has 0 radical (unpaired) electrons. The maximum absolute atomic E-state index is 12.1. The van der Waals surface area contributed by atoms with Crippen molar-refractivity contribution in [1.29, 1.82) is 0 Å². The number of ether oxygens (including phenoxy) is 1.